The molecule has 0 saturated heterocycles. The van der Waals surface area contributed by atoms with E-state index in [-0.39, 0.29) is 12.5 Å². The number of nitrogens with one attached hydrogen (secondary N) is 1. The lowest BCUT2D eigenvalue weighted by Crippen LogP contribution is -2.23. The number of benzene rings is 3. The molecule has 0 saturated carbocycles. The van der Waals surface area contributed by atoms with Gasteiger partial charge in [-0.05, 0) is 35.0 Å². The first-order chi connectivity index (χ1) is 13.6. The maximum absolute atomic E-state index is 12.8. The van der Waals surface area contributed by atoms with Crippen LogP contribution in [0, 0.1) is 0 Å². The standard InChI is InChI=1S/C22H23NO5/c1-25-18-10-9-16(20(27-3)21(18)28-4)13-23-22(24)17-11-14-7-5-6-8-15(14)12-19(17)26-2/h5-12H,13H2,1-4H3,(H,23,24). The third-order valence-electron chi connectivity index (χ3n) is 4.54. The summed E-state index contributed by atoms with van der Waals surface area (Å²) in [5.41, 5.74) is 1.24. The Morgan fingerprint density at radius 1 is 0.786 bits per heavy atom. The first-order valence-corrected chi connectivity index (χ1v) is 8.75. The summed E-state index contributed by atoms with van der Waals surface area (Å²) in [6, 6.07) is 15.1. The second-order valence-corrected chi connectivity index (χ2v) is 6.08. The minimum atomic E-state index is -0.237. The van der Waals surface area contributed by atoms with Crippen molar-refractivity contribution < 1.29 is 23.7 Å². The van der Waals surface area contributed by atoms with Gasteiger partial charge in [0.15, 0.2) is 11.5 Å². The Balaban J connectivity index is 1.88. The van der Waals surface area contributed by atoms with E-state index in [1.807, 2.05) is 42.5 Å². The minimum absolute atomic E-state index is 0.237. The van der Waals surface area contributed by atoms with Gasteiger partial charge < -0.3 is 24.3 Å². The van der Waals surface area contributed by atoms with E-state index < -0.39 is 0 Å². The third-order valence-corrected chi connectivity index (χ3v) is 4.54. The van der Waals surface area contributed by atoms with E-state index in [9.17, 15) is 4.79 Å². The van der Waals surface area contributed by atoms with Gasteiger partial charge in [0.05, 0.1) is 34.0 Å². The number of hydrogen-bond acceptors (Lipinski definition) is 5. The SMILES string of the molecule is COc1cc2ccccc2cc1C(=O)NCc1ccc(OC)c(OC)c1OC. The Labute approximate surface area is 164 Å². The molecule has 0 aliphatic heterocycles. The van der Waals surface area contributed by atoms with Crippen LogP contribution in [0.3, 0.4) is 0 Å². The fraction of sp³-hybridized carbons (Fsp3) is 0.227. The summed E-state index contributed by atoms with van der Waals surface area (Å²) in [5.74, 6) is 1.85. The van der Waals surface area contributed by atoms with Crippen molar-refractivity contribution in [3.05, 3.63) is 59.7 Å². The Bertz CT molecular complexity index is 1000. The largest absolute Gasteiger partial charge is 0.496 e. The minimum Gasteiger partial charge on any atom is -0.496 e. The molecule has 0 fully saturated rings. The van der Waals surface area contributed by atoms with E-state index in [4.69, 9.17) is 18.9 Å². The van der Waals surface area contributed by atoms with E-state index in [2.05, 4.69) is 5.32 Å². The Morgan fingerprint density at radius 3 is 2.04 bits per heavy atom. The number of methoxy groups -OCH3 is 4. The molecule has 28 heavy (non-hydrogen) atoms. The molecule has 3 aromatic carbocycles. The molecule has 0 aliphatic carbocycles. The van der Waals surface area contributed by atoms with Crippen LogP contribution < -0.4 is 24.3 Å². The number of ether oxygens (including phenoxy) is 4. The molecule has 3 aromatic rings. The predicted octanol–water partition coefficient (Wildman–Crippen LogP) is 3.80. The monoisotopic (exact) mass is 381 g/mol. The van der Waals surface area contributed by atoms with Gasteiger partial charge in [-0.3, -0.25) is 4.79 Å². The van der Waals surface area contributed by atoms with Crippen molar-refractivity contribution in [3.63, 3.8) is 0 Å². The Hall–Kier alpha value is -3.41. The zero-order valence-corrected chi connectivity index (χ0v) is 16.4. The Morgan fingerprint density at radius 2 is 1.43 bits per heavy atom. The van der Waals surface area contributed by atoms with Crippen LogP contribution >= 0.6 is 0 Å². The summed E-state index contributed by atoms with van der Waals surface area (Å²) in [6.45, 7) is 0.262. The molecule has 6 nitrogen and oxygen atoms in total. The molecule has 0 aliphatic rings. The van der Waals surface area contributed by atoms with Gasteiger partial charge in [-0.2, -0.15) is 0 Å². The number of rotatable bonds is 7. The molecule has 0 atom stereocenters. The third kappa shape index (κ3) is 3.67. The second-order valence-electron chi connectivity index (χ2n) is 6.08. The number of fused-ring (bicyclic) bond motifs is 1. The summed E-state index contributed by atoms with van der Waals surface area (Å²) in [5, 5.41) is 4.90. The van der Waals surface area contributed by atoms with Crippen LogP contribution in [0.4, 0.5) is 0 Å². The lowest BCUT2D eigenvalue weighted by atomic mass is 10.0. The molecule has 6 heteroatoms. The summed E-state index contributed by atoms with van der Waals surface area (Å²) in [7, 11) is 6.21. The van der Waals surface area contributed by atoms with Crippen molar-refractivity contribution in [2.24, 2.45) is 0 Å². The summed E-state index contributed by atoms with van der Waals surface area (Å²) < 4.78 is 21.6. The number of amides is 1. The van der Waals surface area contributed by atoms with Gasteiger partial charge in [-0.15, -0.1) is 0 Å². The molecule has 0 radical (unpaired) electrons. The highest BCUT2D eigenvalue weighted by atomic mass is 16.5. The molecule has 0 aromatic heterocycles. The van der Waals surface area contributed by atoms with E-state index in [1.54, 1.807) is 34.5 Å². The zero-order chi connectivity index (χ0) is 20.1. The average molecular weight is 381 g/mol. The molecular weight excluding hydrogens is 358 g/mol. The molecule has 3 rings (SSSR count). The lowest BCUT2D eigenvalue weighted by Gasteiger charge is -2.16. The molecular formula is C22H23NO5. The van der Waals surface area contributed by atoms with Crippen LogP contribution in [0.2, 0.25) is 0 Å². The van der Waals surface area contributed by atoms with E-state index >= 15 is 0 Å². The van der Waals surface area contributed by atoms with Crippen molar-refractivity contribution in [1.29, 1.82) is 0 Å². The smallest absolute Gasteiger partial charge is 0.255 e. The van der Waals surface area contributed by atoms with E-state index in [1.165, 1.54) is 0 Å². The summed E-state index contributed by atoms with van der Waals surface area (Å²) >= 11 is 0. The fourth-order valence-electron chi connectivity index (χ4n) is 3.14. The first kappa shape index (κ1) is 19.4. The average Bonchev–Trinajstić information content (AvgIpc) is 2.75. The van der Waals surface area contributed by atoms with Crippen molar-refractivity contribution in [2.75, 3.05) is 28.4 Å². The number of carbonyl (C=O) groups is 1. The Kier molecular flexibility index (Phi) is 5.89. The highest BCUT2D eigenvalue weighted by Crippen LogP contribution is 2.39. The van der Waals surface area contributed by atoms with Crippen molar-refractivity contribution in [2.45, 2.75) is 6.54 Å². The number of carbonyl (C=O) groups excluding carboxylic acids is 1. The molecule has 0 heterocycles. The van der Waals surface area contributed by atoms with Crippen molar-refractivity contribution in [1.82, 2.24) is 5.32 Å². The maximum Gasteiger partial charge on any atom is 0.255 e. The normalized spacial score (nSPS) is 10.4. The van der Waals surface area contributed by atoms with Gasteiger partial charge >= 0.3 is 0 Å². The van der Waals surface area contributed by atoms with E-state index in [0.717, 1.165) is 16.3 Å². The second kappa shape index (κ2) is 8.52. The lowest BCUT2D eigenvalue weighted by molar-refractivity contribution is 0.0947. The molecule has 1 amide bonds. The molecule has 146 valence electrons. The molecule has 1 N–H and O–H groups in total. The van der Waals surface area contributed by atoms with Crippen LogP contribution in [-0.4, -0.2) is 34.3 Å². The van der Waals surface area contributed by atoms with Crippen LogP contribution in [0.15, 0.2) is 48.5 Å². The highest BCUT2D eigenvalue weighted by molar-refractivity contribution is 6.01. The molecule has 0 spiro atoms. The van der Waals surface area contributed by atoms with Gasteiger partial charge in [0.2, 0.25) is 5.75 Å². The fourth-order valence-corrected chi connectivity index (χ4v) is 3.14. The van der Waals surface area contributed by atoms with Gasteiger partial charge in [0, 0.05) is 12.1 Å². The van der Waals surface area contributed by atoms with Gasteiger partial charge in [-0.1, -0.05) is 24.3 Å². The van der Waals surface area contributed by atoms with Gasteiger partial charge in [0.25, 0.3) is 5.91 Å². The topological polar surface area (TPSA) is 66.0 Å². The first-order valence-electron chi connectivity index (χ1n) is 8.75. The van der Waals surface area contributed by atoms with Crippen LogP contribution in [0.5, 0.6) is 23.0 Å². The maximum atomic E-state index is 12.8. The predicted molar refractivity (Wildman–Crippen MR) is 108 cm³/mol. The summed E-state index contributed by atoms with van der Waals surface area (Å²) in [4.78, 5) is 12.8. The van der Waals surface area contributed by atoms with Crippen molar-refractivity contribution in [3.8, 4) is 23.0 Å². The quantitative estimate of drug-likeness (QED) is 0.674. The van der Waals surface area contributed by atoms with Crippen LogP contribution in [0.1, 0.15) is 15.9 Å². The highest BCUT2D eigenvalue weighted by Gasteiger charge is 2.18. The van der Waals surface area contributed by atoms with Crippen molar-refractivity contribution >= 4 is 16.7 Å². The molecule has 0 bridgehead atoms. The number of hydrogen-bond donors (Lipinski definition) is 1. The van der Waals surface area contributed by atoms with Gasteiger partial charge in [-0.25, -0.2) is 0 Å². The zero-order valence-electron chi connectivity index (χ0n) is 16.4. The van der Waals surface area contributed by atoms with E-state index in [0.29, 0.717) is 28.6 Å². The summed E-state index contributed by atoms with van der Waals surface area (Å²) in [6.07, 6.45) is 0. The molecule has 0 unspecified atom stereocenters. The van der Waals surface area contributed by atoms with Crippen LogP contribution in [0.25, 0.3) is 10.8 Å². The van der Waals surface area contributed by atoms with Crippen LogP contribution in [-0.2, 0) is 6.54 Å². The van der Waals surface area contributed by atoms with Gasteiger partial charge in [0.1, 0.15) is 5.75 Å².